The van der Waals surface area contributed by atoms with Gasteiger partial charge in [-0.05, 0) is 48.4 Å². The molecule has 2 aromatic rings. The first-order valence-corrected chi connectivity index (χ1v) is 12.1. The van der Waals surface area contributed by atoms with Crippen LogP contribution in [0.4, 0.5) is 0 Å². The summed E-state index contributed by atoms with van der Waals surface area (Å²) in [7, 11) is 3.78. The van der Waals surface area contributed by atoms with Crippen LogP contribution in [0.1, 0.15) is 55.3 Å². The van der Waals surface area contributed by atoms with E-state index in [1.165, 1.54) is 16.0 Å². The second-order valence-corrected chi connectivity index (χ2v) is 8.96. The number of ether oxygens (including phenoxy) is 3. The average molecular weight is 467 g/mol. The number of imide groups is 1. The summed E-state index contributed by atoms with van der Waals surface area (Å²) in [5.74, 6) is 2.01. The molecule has 1 unspecified atom stereocenters. The molecule has 0 radical (unpaired) electrons. The third-order valence-electron chi connectivity index (χ3n) is 6.58. The number of hydrogen-bond donors (Lipinski definition) is 0. The maximum atomic E-state index is 11.8. The van der Waals surface area contributed by atoms with Gasteiger partial charge >= 0.3 is 0 Å². The topological polar surface area (TPSA) is 68.3 Å². The van der Waals surface area contributed by atoms with Gasteiger partial charge in [-0.3, -0.25) is 19.4 Å². The first kappa shape index (κ1) is 24.1. The van der Waals surface area contributed by atoms with Crippen molar-refractivity contribution in [3.63, 3.8) is 0 Å². The summed E-state index contributed by atoms with van der Waals surface area (Å²) in [6.45, 7) is 4.26. The zero-order chi connectivity index (χ0) is 24.1. The number of benzene rings is 2. The highest BCUT2D eigenvalue weighted by Gasteiger charge is 2.28. The molecule has 0 spiro atoms. The van der Waals surface area contributed by atoms with Gasteiger partial charge in [-0.15, -0.1) is 0 Å². The third kappa shape index (κ3) is 5.36. The van der Waals surface area contributed by atoms with E-state index in [9.17, 15) is 9.59 Å². The Balaban J connectivity index is 1.41. The highest BCUT2D eigenvalue weighted by atomic mass is 16.5. The molecule has 1 fully saturated rings. The molecule has 182 valence electrons. The summed E-state index contributed by atoms with van der Waals surface area (Å²) in [6, 6.07) is 12.8. The highest BCUT2D eigenvalue weighted by molar-refractivity contribution is 6.01. The van der Waals surface area contributed by atoms with Gasteiger partial charge in [0.2, 0.25) is 11.8 Å². The van der Waals surface area contributed by atoms with Crippen LogP contribution in [0.3, 0.4) is 0 Å². The van der Waals surface area contributed by atoms with Crippen molar-refractivity contribution in [3.05, 3.63) is 53.1 Å². The van der Waals surface area contributed by atoms with Crippen LogP contribution in [0.15, 0.2) is 36.4 Å². The van der Waals surface area contributed by atoms with Gasteiger partial charge in [0.15, 0.2) is 11.5 Å². The molecule has 1 atom stereocenters. The molecule has 7 nitrogen and oxygen atoms in total. The van der Waals surface area contributed by atoms with Crippen LogP contribution < -0.4 is 14.2 Å². The zero-order valence-corrected chi connectivity index (χ0v) is 20.3. The van der Waals surface area contributed by atoms with E-state index < -0.39 is 0 Å². The van der Waals surface area contributed by atoms with Gasteiger partial charge in [0.1, 0.15) is 12.4 Å². The van der Waals surface area contributed by atoms with Crippen LogP contribution >= 0.6 is 0 Å². The SMILES string of the molecule is CCCC(c1ccc2c(c1)CCO2)N(C)Cc1ccc(OCCN2C(=O)CCC2=O)c(OC)c1. The van der Waals surface area contributed by atoms with E-state index in [2.05, 4.69) is 37.1 Å². The Morgan fingerprint density at radius 3 is 2.59 bits per heavy atom. The lowest BCUT2D eigenvalue weighted by atomic mass is 9.97. The van der Waals surface area contributed by atoms with E-state index in [1.807, 2.05) is 18.2 Å². The van der Waals surface area contributed by atoms with Crippen LogP contribution in [0.5, 0.6) is 17.2 Å². The number of nitrogens with zero attached hydrogens (tertiary/aromatic N) is 2. The summed E-state index contributed by atoms with van der Waals surface area (Å²) in [6.07, 6.45) is 3.73. The standard InChI is InChI=1S/C27H34N2O5/c1-4-5-22(20-7-9-23-21(17-20)12-14-33-23)28(2)18-19-6-8-24(25(16-19)32-3)34-15-13-29-26(30)10-11-27(29)31/h6-9,16-17,22H,4-5,10-15,18H2,1-3H3. The van der Waals surface area contributed by atoms with Crippen LogP contribution in [-0.4, -0.2) is 55.5 Å². The van der Waals surface area contributed by atoms with Crippen molar-refractivity contribution in [2.45, 2.75) is 51.6 Å². The van der Waals surface area contributed by atoms with E-state index in [-0.39, 0.29) is 25.0 Å². The molecule has 34 heavy (non-hydrogen) atoms. The first-order valence-electron chi connectivity index (χ1n) is 12.1. The van der Waals surface area contributed by atoms with Crippen molar-refractivity contribution in [3.8, 4) is 17.2 Å². The number of rotatable bonds is 11. The van der Waals surface area contributed by atoms with Crippen LogP contribution in [0.25, 0.3) is 0 Å². The first-order chi connectivity index (χ1) is 16.5. The normalized spacial score (nSPS) is 16.1. The number of carbonyl (C=O) groups excluding carboxylic acids is 2. The summed E-state index contributed by atoms with van der Waals surface area (Å²) >= 11 is 0. The predicted octanol–water partition coefficient (Wildman–Crippen LogP) is 4.13. The predicted molar refractivity (Wildman–Crippen MR) is 129 cm³/mol. The summed E-state index contributed by atoms with van der Waals surface area (Å²) in [5.41, 5.74) is 3.75. The second-order valence-electron chi connectivity index (χ2n) is 8.96. The van der Waals surface area contributed by atoms with Crippen molar-refractivity contribution < 1.29 is 23.8 Å². The number of amides is 2. The van der Waals surface area contributed by atoms with E-state index in [4.69, 9.17) is 14.2 Å². The van der Waals surface area contributed by atoms with Gasteiger partial charge < -0.3 is 14.2 Å². The monoisotopic (exact) mass is 466 g/mol. The molecule has 2 amide bonds. The van der Waals surface area contributed by atoms with Crippen LogP contribution in [-0.2, 0) is 22.6 Å². The molecule has 7 heteroatoms. The van der Waals surface area contributed by atoms with E-state index >= 15 is 0 Å². The van der Waals surface area contributed by atoms with Crippen molar-refractivity contribution in [1.29, 1.82) is 0 Å². The Labute approximate surface area is 201 Å². The Hall–Kier alpha value is -3.06. The summed E-state index contributed by atoms with van der Waals surface area (Å²) in [4.78, 5) is 27.2. The summed E-state index contributed by atoms with van der Waals surface area (Å²) < 4.78 is 17.1. The van der Waals surface area contributed by atoms with Gasteiger partial charge in [-0.2, -0.15) is 0 Å². The minimum Gasteiger partial charge on any atom is -0.493 e. The van der Waals surface area contributed by atoms with Gasteiger partial charge in [0, 0.05) is 31.8 Å². The lowest BCUT2D eigenvalue weighted by molar-refractivity contribution is -0.138. The minimum atomic E-state index is -0.128. The third-order valence-corrected chi connectivity index (χ3v) is 6.58. The van der Waals surface area contributed by atoms with Gasteiger partial charge in [0.25, 0.3) is 0 Å². The molecular weight excluding hydrogens is 432 g/mol. The van der Waals surface area contributed by atoms with Crippen LogP contribution in [0, 0.1) is 0 Å². The number of likely N-dealkylation sites (tertiary alicyclic amines) is 1. The van der Waals surface area contributed by atoms with Crippen molar-refractivity contribution in [2.24, 2.45) is 0 Å². The van der Waals surface area contributed by atoms with Crippen molar-refractivity contribution >= 4 is 11.8 Å². The smallest absolute Gasteiger partial charge is 0.229 e. The fraction of sp³-hybridized carbons (Fsp3) is 0.481. The number of fused-ring (bicyclic) bond motifs is 1. The molecule has 2 aliphatic rings. The molecular formula is C27H34N2O5. The molecule has 4 rings (SSSR count). The van der Waals surface area contributed by atoms with E-state index in [0.717, 1.165) is 43.7 Å². The van der Waals surface area contributed by atoms with E-state index in [1.54, 1.807) is 7.11 Å². The van der Waals surface area contributed by atoms with Crippen molar-refractivity contribution in [2.75, 3.05) is 33.9 Å². The fourth-order valence-electron chi connectivity index (χ4n) is 4.78. The molecule has 0 N–H and O–H groups in total. The lowest BCUT2D eigenvalue weighted by Gasteiger charge is -2.29. The second kappa shape index (κ2) is 10.9. The maximum Gasteiger partial charge on any atom is 0.229 e. The van der Waals surface area contributed by atoms with E-state index in [0.29, 0.717) is 30.4 Å². The lowest BCUT2D eigenvalue weighted by Crippen LogP contribution is -2.33. The van der Waals surface area contributed by atoms with Crippen molar-refractivity contribution in [1.82, 2.24) is 9.80 Å². The number of carbonyl (C=O) groups is 2. The largest absolute Gasteiger partial charge is 0.493 e. The maximum absolute atomic E-state index is 11.8. The molecule has 0 saturated carbocycles. The highest BCUT2D eigenvalue weighted by Crippen LogP contribution is 2.34. The average Bonchev–Trinajstić information content (AvgIpc) is 3.44. The molecule has 0 bridgehead atoms. The molecule has 0 aromatic heterocycles. The Bertz CT molecular complexity index is 1020. The number of methoxy groups -OCH3 is 1. The van der Waals surface area contributed by atoms with Gasteiger partial charge in [-0.1, -0.05) is 31.5 Å². The Morgan fingerprint density at radius 2 is 1.85 bits per heavy atom. The molecule has 2 aliphatic heterocycles. The Morgan fingerprint density at radius 1 is 1.06 bits per heavy atom. The Kier molecular flexibility index (Phi) is 7.73. The van der Waals surface area contributed by atoms with Crippen LogP contribution in [0.2, 0.25) is 0 Å². The zero-order valence-electron chi connectivity index (χ0n) is 20.3. The molecule has 2 heterocycles. The van der Waals surface area contributed by atoms with Gasteiger partial charge in [-0.25, -0.2) is 0 Å². The quantitative estimate of drug-likeness (QED) is 0.464. The fourth-order valence-corrected chi connectivity index (χ4v) is 4.78. The summed E-state index contributed by atoms with van der Waals surface area (Å²) in [5, 5.41) is 0. The molecule has 2 aromatic carbocycles. The molecule has 0 aliphatic carbocycles. The molecule has 1 saturated heterocycles. The van der Waals surface area contributed by atoms with Gasteiger partial charge in [0.05, 0.1) is 20.3 Å². The minimum absolute atomic E-state index is 0.128. The number of hydrogen-bond acceptors (Lipinski definition) is 6.